The van der Waals surface area contributed by atoms with Crippen molar-refractivity contribution < 1.29 is 9.53 Å². The van der Waals surface area contributed by atoms with Gasteiger partial charge in [0.25, 0.3) is 0 Å². The van der Waals surface area contributed by atoms with Crippen LogP contribution < -0.4 is 10.1 Å². The van der Waals surface area contributed by atoms with Gasteiger partial charge < -0.3 is 14.6 Å². The summed E-state index contributed by atoms with van der Waals surface area (Å²) in [5.41, 5.74) is 4.43. The topological polar surface area (TPSA) is 56.1 Å². The van der Waals surface area contributed by atoms with Gasteiger partial charge >= 0.3 is 0 Å². The second kappa shape index (κ2) is 8.36. The zero-order valence-corrected chi connectivity index (χ0v) is 15.8. The van der Waals surface area contributed by atoms with E-state index in [0.717, 1.165) is 16.9 Å². The first kappa shape index (κ1) is 18.5. The quantitative estimate of drug-likeness (QED) is 0.669. The summed E-state index contributed by atoms with van der Waals surface area (Å²) in [6, 6.07) is 14.1. The van der Waals surface area contributed by atoms with E-state index in [1.54, 1.807) is 19.5 Å². The van der Waals surface area contributed by atoms with Crippen molar-refractivity contribution in [1.29, 1.82) is 0 Å². The minimum Gasteiger partial charge on any atom is -0.497 e. The Labute approximate surface area is 159 Å². The smallest absolute Gasteiger partial charge is 0.249 e. The van der Waals surface area contributed by atoms with Crippen molar-refractivity contribution in [1.82, 2.24) is 9.55 Å². The third kappa shape index (κ3) is 5.07. The van der Waals surface area contributed by atoms with E-state index in [1.807, 2.05) is 42.0 Å². The molecule has 0 saturated heterocycles. The van der Waals surface area contributed by atoms with Gasteiger partial charge in [-0.3, -0.25) is 4.79 Å². The van der Waals surface area contributed by atoms with Gasteiger partial charge in [-0.25, -0.2) is 4.98 Å². The third-order valence-corrected chi connectivity index (χ3v) is 4.23. The molecule has 0 radical (unpaired) electrons. The maximum absolute atomic E-state index is 12.2. The van der Waals surface area contributed by atoms with Crippen LogP contribution >= 0.6 is 0 Å². The number of rotatable bonds is 6. The molecule has 1 heterocycles. The molecule has 0 saturated carbocycles. The number of hydrogen-bond acceptors (Lipinski definition) is 3. The number of methoxy groups -OCH3 is 1. The van der Waals surface area contributed by atoms with Crippen LogP contribution in [-0.4, -0.2) is 22.6 Å². The number of nitrogens with zero attached hydrogens (tertiary/aromatic N) is 2. The molecule has 0 atom stereocenters. The first-order valence-electron chi connectivity index (χ1n) is 8.74. The van der Waals surface area contributed by atoms with Crippen LogP contribution in [0.4, 0.5) is 5.82 Å². The Morgan fingerprint density at radius 2 is 2.07 bits per heavy atom. The van der Waals surface area contributed by atoms with Crippen LogP contribution in [-0.2, 0) is 11.3 Å². The minimum absolute atomic E-state index is 0.224. The van der Waals surface area contributed by atoms with Gasteiger partial charge in [-0.05, 0) is 48.7 Å². The van der Waals surface area contributed by atoms with E-state index in [0.29, 0.717) is 12.4 Å². The summed E-state index contributed by atoms with van der Waals surface area (Å²) >= 11 is 0. The fourth-order valence-corrected chi connectivity index (χ4v) is 2.79. The fraction of sp³-hybridized carbons (Fsp3) is 0.182. The van der Waals surface area contributed by atoms with Crippen LogP contribution in [0.2, 0.25) is 0 Å². The molecule has 1 amide bonds. The SMILES string of the molecule is COc1ccc(C)c(/C=C/C(=O)Nc2cn(Cc3cccc(C)c3)cn2)c1. The van der Waals surface area contributed by atoms with Crippen molar-refractivity contribution in [2.24, 2.45) is 0 Å². The summed E-state index contributed by atoms with van der Waals surface area (Å²) in [5, 5.41) is 2.79. The summed E-state index contributed by atoms with van der Waals surface area (Å²) in [6.45, 7) is 4.77. The highest BCUT2D eigenvalue weighted by molar-refractivity contribution is 6.01. The molecular formula is C22H23N3O2. The van der Waals surface area contributed by atoms with Crippen LogP contribution in [0.3, 0.4) is 0 Å². The zero-order chi connectivity index (χ0) is 19.2. The number of carbonyl (C=O) groups is 1. The Kier molecular flexibility index (Phi) is 5.71. The Bertz CT molecular complexity index is 973. The van der Waals surface area contributed by atoms with Crippen molar-refractivity contribution in [2.75, 3.05) is 12.4 Å². The number of ether oxygens (including phenoxy) is 1. The first-order chi connectivity index (χ1) is 13.0. The molecular weight excluding hydrogens is 338 g/mol. The van der Waals surface area contributed by atoms with Crippen molar-refractivity contribution >= 4 is 17.8 Å². The van der Waals surface area contributed by atoms with E-state index < -0.39 is 0 Å². The van der Waals surface area contributed by atoms with Crippen LogP contribution in [0.1, 0.15) is 22.3 Å². The molecule has 0 aliphatic carbocycles. The lowest BCUT2D eigenvalue weighted by atomic mass is 10.1. The Hall–Kier alpha value is -3.34. The third-order valence-electron chi connectivity index (χ3n) is 4.23. The number of carbonyl (C=O) groups excluding carboxylic acids is 1. The predicted molar refractivity (Wildman–Crippen MR) is 108 cm³/mol. The summed E-state index contributed by atoms with van der Waals surface area (Å²) in [5.74, 6) is 1.06. The molecule has 0 unspecified atom stereocenters. The molecule has 0 aliphatic heterocycles. The molecule has 3 aromatic rings. The van der Waals surface area contributed by atoms with Crippen molar-refractivity contribution in [3.05, 3.63) is 83.3 Å². The van der Waals surface area contributed by atoms with Crippen LogP contribution in [0, 0.1) is 13.8 Å². The van der Waals surface area contributed by atoms with Gasteiger partial charge in [-0.2, -0.15) is 0 Å². The Morgan fingerprint density at radius 3 is 2.85 bits per heavy atom. The lowest BCUT2D eigenvalue weighted by Crippen LogP contribution is -2.08. The molecule has 138 valence electrons. The normalized spacial score (nSPS) is 10.9. The average molecular weight is 361 g/mol. The standard InChI is InChI=1S/C22H23N3O2/c1-16-5-4-6-18(11-16)13-25-14-21(23-15-25)24-22(26)10-8-19-12-20(27-3)9-7-17(19)2/h4-12,14-15H,13H2,1-3H3,(H,24,26)/b10-8+. The van der Waals surface area contributed by atoms with Gasteiger partial charge in [0.05, 0.1) is 13.4 Å². The molecule has 3 rings (SSSR count). The van der Waals surface area contributed by atoms with Gasteiger partial charge in [0.15, 0.2) is 5.82 Å². The minimum atomic E-state index is -0.224. The highest BCUT2D eigenvalue weighted by Gasteiger charge is 2.04. The summed E-state index contributed by atoms with van der Waals surface area (Å²) < 4.78 is 7.17. The number of anilines is 1. The summed E-state index contributed by atoms with van der Waals surface area (Å²) in [6.07, 6.45) is 6.82. The summed E-state index contributed by atoms with van der Waals surface area (Å²) in [4.78, 5) is 16.4. The fourth-order valence-electron chi connectivity index (χ4n) is 2.79. The van der Waals surface area contributed by atoms with Gasteiger partial charge in [0.1, 0.15) is 5.75 Å². The number of amides is 1. The second-order valence-corrected chi connectivity index (χ2v) is 6.47. The molecule has 5 nitrogen and oxygen atoms in total. The van der Waals surface area contributed by atoms with Crippen LogP contribution in [0.15, 0.2) is 61.1 Å². The number of aromatic nitrogens is 2. The van der Waals surface area contributed by atoms with Crippen molar-refractivity contribution in [3.8, 4) is 5.75 Å². The number of hydrogen-bond donors (Lipinski definition) is 1. The van der Waals surface area contributed by atoms with Crippen LogP contribution in [0.5, 0.6) is 5.75 Å². The van der Waals surface area contributed by atoms with Gasteiger partial charge in [0, 0.05) is 18.8 Å². The molecule has 0 bridgehead atoms. The number of aryl methyl sites for hydroxylation is 2. The van der Waals surface area contributed by atoms with Crippen LogP contribution in [0.25, 0.3) is 6.08 Å². The maximum Gasteiger partial charge on any atom is 0.249 e. The average Bonchev–Trinajstić information content (AvgIpc) is 3.07. The highest BCUT2D eigenvalue weighted by Crippen LogP contribution is 2.18. The van der Waals surface area contributed by atoms with Crippen molar-refractivity contribution in [3.63, 3.8) is 0 Å². The van der Waals surface area contributed by atoms with E-state index in [2.05, 4.69) is 35.4 Å². The van der Waals surface area contributed by atoms with Gasteiger partial charge in [-0.15, -0.1) is 0 Å². The van der Waals surface area contributed by atoms with E-state index in [9.17, 15) is 4.79 Å². The number of nitrogens with one attached hydrogen (secondary N) is 1. The zero-order valence-electron chi connectivity index (χ0n) is 15.8. The monoisotopic (exact) mass is 361 g/mol. The molecule has 0 spiro atoms. The van der Waals surface area contributed by atoms with E-state index in [-0.39, 0.29) is 5.91 Å². The van der Waals surface area contributed by atoms with E-state index >= 15 is 0 Å². The lowest BCUT2D eigenvalue weighted by Gasteiger charge is -2.04. The van der Waals surface area contributed by atoms with Gasteiger partial charge in [0.2, 0.25) is 5.91 Å². The van der Waals surface area contributed by atoms with E-state index in [4.69, 9.17) is 4.74 Å². The molecule has 2 aromatic carbocycles. The highest BCUT2D eigenvalue weighted by atomic mass is 16.5. The number of imidazole rings is 1. The first-order valence-corrected chi connectivity index (χ1v) is 8.74. The van der Waals surface area contributed by atoms with E-state index in [1.165, 1.54) is 17.2 Å². The predicted octanol–water partition coefficient (Wildman–Crippen LogP) is 4.21. The van der Waals surface area contributed by atoms with Crippen molar-refractivity contribution in [2.45, 2.75) is 20.4 Å². The molecule has 1 aromatic heterocycles. The molecule has 27 heavy (non-hydrogen) atoms. The Morgan fingerprint density at radius 1 is 1.22 bits per heavy atom. The van der Waals surface area contributed by atoms with Gasteiger partial charge in [-0.1, -0.05) is 35.9 Å². The Balaban J connectivity index is 1.62. The molecule has 1 N–H and O–H groups in total. The summed E-state index contributed by atoms with van der Waals surface area (Å²) in [7, 11) is 1.62. The molecule has 0 fully saturated rings. The molecule has 5 heteroatoms. The number of benzene rings is 2. The maximum atomic E-state index is 12.2. The second-order valence-electron chi connectivity index (χ2n) is 6.47. The lowest BCUT2D eigenvalue weighted by molar-refractivity contribution is -0.111. The molecule has 0 aliphatic rings. The largest absolute Gasteiger partial charge is 0.497 e.